The van der Waals surface area contributed by atoms with E-state index in [4.69, 9.17) is 13.9 Å². The van der Waals surface area contributed by atoms with E-state index >= 15 is 0 Å². The summed E-state index contributed by atoms with van der Waals surface area (Å²) in [6.07, 6.45) is 0.541. The summed E-state index contributed by atoms with van der Waals surface area (Å²) in [7, 11) is -3.55. The van der Waals surface area contributed by atoms with Crippen LogP contribution in [0.1, 0.15) is 28.7 Å². The van der Waals surface area contributed by atoms with Crippen LogP contribution < -0.4 is 5.63 Å². The average Bonchev–Trinajstić information content (AvgIpc) is 2.84. The molecule has 8 nitrogen and oxygen atoms in total. The number of carbonyl (C=O) groups is 1. The Balaban J connectivity index is 1.36. The van der Waals surface area contributed by atoms with Gasteiger partial charge in [-0.3, -0.25) is 4.79 Å². The lowest BCUT2D eigenvalue weighted by atomic mass is 10.0. The molecule has 2 aromatic carbocycles. The van der Waals surface area contributed by atoms with Crippen molar-refractivity contribution in [3.05, 3.63) is 75.1 Å². The molecule has 4 rings (SSSR count). The molecule has 1 aromatic heterocycles. The number of nitrogens with zero attached hydrogens (tertiary/aromatic N) is 1. The highest BCUT2D eigenvalue weighted by Crippen LogP contribution is 2.24. The van der Waals surface area contributed by atoms with Crippen molar-refractivity contribution in [3.63, 3.8) is 0 Å². The van der Waals surface area contributed by atoms with Gasteiger partial charge in [0.1, 0.15) is 12.2 Å². The van der Waals surface area contributed by atoms with Gasteiger partial charge in [-0.1, -0.05) is 24.3 Å². The second kappa shape index (κ2) is 10.1. The van der Waals surface area contributed by atoms with E-state index in [9.17, 15) is 18.0 Å². The number of aryl methyl sites for hydroxylation is 3. The lowest BCUT2D eigenvalue weighted by molar-refractivity contribution is -0.144. The summed E-state index contributed by atoms with van der Waals surface area (Å²) in [4.78, 5) is 24.5. The first-order valence-electron chi connectivity index (χ1n) is 11.1. The Morgan fingerprint density at radius 3 is 2.47 bits per heavy atom. The third kappa shape index (κ3) is 5.22. The number of fused-ring (bicyclic) bond motifs is 1. The van der Waals surface area contributed by atoms with Crippen molar-refractivity contribution in [1.29, 1.82) is 0 Å². The molecule has 0 saturated carbocycles. The summed E-state index contributed by atoms with van der Waals surface area (Å²) < 4.78 is 42.8. The number of carbonyl (C=O) groups excluding carboxylic acids is 1. The highest BCUT2D eigenvalue weighted by atomic mass is 32.2. The number of ether oxygens (including phenoxy) is 2. The van der Waals surface area contributed by atoms with Gasteiger partial charge in [-0.25, -0.2) is 13.2 Å². The van der Waals surface area contributed by atoms with Crippen molar-refractivity contribution in [1.82, 2.24) is 4.31 Å². The third-order valence-corrected chi connectivity index (χ3v) is 7.97. The van der Waals surface area contributed by atoms with Gasteiger partial charge in [-0.05, 0) is 49.1 Å². The first-order valence-corrected chi connectivity index (χ1v) is 12.5. The first-order chi connectivity index (χ1) is 16.3. The topological polar surface area (TPSA) is 103 Å². The molecule has 3 aromatic rings. The zero-order valence-electron chi connectivity index (χ0n) is 19.2. The summed E-state index contributed by atoms with van der Waals surface area (Å²) in [6.45, 7) is 5.26. The molecule has 0 N–H and O–H groups in total. The fraction of sp³-hybridized carbons (Fsp3) is 0.360. The molecule has 0 atom stereocenters. The van der Waals surface area contributed by atoms with Gasteiger partial charge in [0.15, 0.2) is 0 Å². The Labute approximate surface area is 198 Å². The van der Waals surface area contributed by atoms with Crippen molar-refractivity contribution < 1.29 is 27.1 Å². The third-order valence-electron chi connectivity index (χ3n) is 6.06. The van der Waals surface area contributed by atoms with Crippen LogP contribution in [0.5, 0.6) is 0 Å². The number of morpholine rings is 1. The lowest BCUT2D eigenvalue weighted by Gasteiger charge is -2.26. The molecule has 0 radical (unpaired) electrons. The predicted octanol–water partition coefficient (Wildman–Crippen LogP) is 3.11. The molecule has 1 aliphatic rings. The maximum absolute atomic E-state index is 12.7. The molecule has 2 heterocycles. The van der Waals surface area contributed by atoms with E-state index in [2.05, 4.69) is 0 Å². The Bertz CT molecular complexity index is 1350. The van der Waals surface area contributed by atoms with Gasteiger partial charge in [0, 0.05) is 36.5 Å². The summed E-state index contributed by atoms with van der Waals surface area (Å²) in [5.41, 5.74) is 3.33. The average molecular weight is 486 g/mol. The van der Waals surface area contributed by atoms with E-state index in [0.717, 1.165) is 22.1 Å². The molecule has 1 fully saturated rings. The molecule has 0 aliphatic carbocycles. The van der Waals surface area contributed by atoms with Crippen LogP contribution in [0.4, 0.5) is 0 Å². The molecule has 180 valence electrons. The molecule has 9 heteroatoms. The summed E-state index contributed by atoms with van der Waals surface area (Å²) in [5, 5.41) is 0.743. The predicted molar refractivity (Wildman–Crippen MR) is 126 cm³/mol. The highest BCUT2D eigenvalue weighted by molar-refractivity contribution is 7.89. The Morgan fingerprint density at radius 1 is 1.06 bits per heavy atom. The Morgan fingerprint density at radius 2 is 1.76 bits per heavy atom. The number of esters is 1. The SMILES string of the molecule is Cc1ccc2c(COC(=O)CCc3ccc(S(=O)(=O)N4CCOCC4)cc3)cc(=O)oc2c1C. The fourth-order valence-electron chi connectivity index (χ4n) is 3.88. The van der Waals surface area contributed by atoms with Crippen molar-refractivity contribution in [2.75, 3.05) is 26.3 Å². The van der Waals surface area contributed by atoms with Crippen molar-refractivity contribution in [3.8, 4) is 0 Å². The maximum atomic E-state index is 12.7. The van der Waals surface area contributed by atoms with Crippen molar-refractivity contribution in [2.24, 2.45) is 0 Å². The minimum atomic E-state index is -3.55. The number of hydrogen-bond acceptors (Lipinski definition) is 7. The zero-order valence-corrected chi connectivity index (χ0v) is 20.0. The zero-order chi connectivity index (χ0) is 24.3. The molecule has 1 aliphatic heterocycles. The van der Waals surface area contributed by atoms with Crippen LogP contribution >= 0.6 is 0 Å². The monoisotopic (exact) mass is 485 g/mol. The Hall–Kier alpha value is -3.01. The highest BCUT2D eigenvalue weighted by Gasteiger charge is 2.26. The first kappa shape index (κ1) is 24.1. The molecule has 1 saturated heterocycles. The number of sulfonamides is 1. The van der Waals surface area contributed by atoms with Gasteiger partial charge in [0.2, 0.25) is 10.0 Å². The van der Waals surface area contributed by atoms with Gasteiger partial charge in [-0.15, -0.1) is 0 Å². The van der Waals surface area contributed by atoms with E-state index in [1.165, 1.54) is 10.4 Å². The molecule has 0 amide bonds. The van der Waals surface area contributed by atoms with E-state index in [1.807, 2.05) is 26.0 Å². The second-order valence-corrected chi connectivity index (χ2v) is 10.2. The molecule has 0 bridgehead atoms. The molecule has 34 heavy (non-hydrogen) atoms. The van der Waals surface area contributed by atoms with E-state index in [0.29, 0.717) is 43.9 Å². The maximum Gasteiger partial charge on any atom is 0.336 e. The second-order valence-electron chi connectivity index (χ2n) is 8.30. The number of benzene rings is 2. The number of rotatable bonds is 7. The number of hydrogen-bond donors (Lipinski definition) is 0. The molecule has 0 unspecified atom stereocenters. The quantitative estimate of drug-likeness (QED) is 0.374. The molecular formula is C25H27NO7S. The smallest absolute Gasteiger partial charge is 0.336 e. The van der Waals surface area contributed by atoms with Crippen LogP contribution in [0.2, 0.25) is 0 Å². The van der Waals surface area contributed by atoms with Gasteiger partial charge < -0.3 is 13.9 Å². The van der Waals surface area contributed by atoms with Crippen LogP contribution in [0.25, 0.3) is 11.0 Å². The standard InChI is InChI=1S/C25H27NO7S/c1-17-3-9-22-20(15-24(28)33-25(22)18(17)2)16-32-23(27)10-6-19-4-7-21(8-5-19)34(29,30)26-11-13-31-14-12-26/h3-5,7-9,15H,6,10-14,16H2,1-2H3. The van der Waals surface area contributed by atoms with Crippen molar-refractivity contribution >= 4 is 27.0 Å². The van der Waals surface area contributed by atoms with E-state index in [1.54, 1.807) is 24.3 Å². The van der Waals surface area contributed by atoms with Crippen LogP contribution in [0, 0.1) is 13.8 Å². The van der Waals surface area contributed by atoms with Gasteiger partial charge in [0.05, 0.1) is 18.1 Å². The Kier molecular flexibility index (Phi) is 7.16. The minimum absolute atomic E-state index is 0.0276. The normalized spacial score (nSPS) is 14.9. The molecular weight excluding hydrogens is 458 g/mol. The van der Waals surface area contributed by atoms with Crippen LogP contribution in [0.3, 0.4) is 0 Å². The van der Waals surface area contributed by atoms with E-state index in [-0.39, 0.29) is 17.9 Å². The summed E-state index contributed by atoms with van der Waals surface area (Å²) in [6, 6.07) is 11.7. The lowest BCUT2D eigenvalue weighted by Crippen LogP contribution is -2.40. The summed E-state index contributed by atoms with van der Waals surface area (Å²) >= 11 is 0. The van der Waals surface area contributed by atoms with Gasteiger partial charge in [0.25, 0.3) is 0 Å². The summed E-state index contributed by atoms with van der Waals surface area (Å²) in [5.74, 6) is -0.407. The van der Waals surface area contributed by atoms with Crippen LogP contribution in [-0.2, 0) is 37.3 Å². The minimum Gasteiger partial charge on any atom is -0.461 e. The van der Waals surface area contributed by atoms with Gasteiger partial charge in [-0.2, -0.15) is 4.31 Å². The molecule has 0 spiro atoms. The van der Waals surface area contributed by atoms with Crippen LogP contribution in [0.15, 0.2) is 56.6 Å². The fourth-order valence-corrected chi connectivity index (χ4v) is 5.29. The largest absolute Gasteiger partial charge is 0.461 e. The van der Waals surface area contributed by atoms with Crippen molar-refractivity contribution in [2.45, 2.75) is 38.2 Å². The van der Waals surface area contributed by atoms with Crippen LogP contribution in [-0.4, -0.2) is 45.0 Å². The van der Waals surface area contributed by atoms with E-state index < -0.39 is 21.6 Å². The van der Waals surface area contributed by atoms with Gasteiger partial charge >= 0.3 is 11.6 Å².